The van der Waals surface area contributed by atoms with Crippen LogP contribution in [-0.4, -0.2) is 110 Å². The van der Waals surface area contributed by atoms with E-state index in [0.29, 0.717) is 62.9 Å². The summed E-state index contributed by atoms with van der Waals surface area (Å²) in [6, 6.07) is 15.1. The number of rotatable bonds is 8. The molecule has 0 radical (unpaired) electrons. The smallest absolute Gasteiger partial charge is 0.337 e. The first kappa shape index (κ1) is 39.2. The van der Waals surface area contributed by atoms with Crippen LogP contribution < -0.4 is 9.64 Å². The summed E-state index contributed by atoms with van der Waals surface area (Å²) in [5.74, 6) is 1.74. The minimum Gasteiger partial charge on any atom is -0.480 e. The number of aromatic amines is 1. The summed E-state index contributed by atoms with van der Waals surface area (Å²) in [7, 11) is 1.58. The van der Waals surface area contributed by atoms with E-state index >= 15 is 0 Å². The average molecular weight is 853 g/mol. The number of halogens is 2. The minimum absolute atomic E-state index is 0.0640. The Labute approximate surface area is 355 Å². The van der Waals surface area contributed by atoms with Gasteiger partial charge in [0, 0.05) is 94.6 Å². The number of hydrogen-bond donors (Lipinski definition) is 2. The van der Waals surface area contributed by atoms with Gasteiger partial charge in [0.25, 0.3) is 0 Å². The lowest BCUT2D eigenvalue weighted by molar-refractivity contribution is -0.133. The minimum atomic E-state index is -1.02. The number of anilines is 1. The first-order valence-electron chi connectivity index (χ1n) is 19.7. The van der Waals surface area contributed by atoms with Crippen molar-refractivity contribution in [3.05, 3.63) is 104 Å². The number of carboxylic acid groups (broad SMARTS) is 1. The number of ether oxygens (including phenoxy) is 1. The number of piperazine rings is 1. The first-order valence-corrected chi connectivity index (χ1v) is 21.3. The van der Waals surface area contributed by atoms with Gasteiger partial charge in [0.2, 0.25) is 11.8 Å². The number of pyridine rings is 1. The number of benzene rings is 2. The maximum Gasteiger partial charge on any atom is 0.337 e. The number of nitrogens with one attached hydrogen (secondary N) is 1. The second-order valence-electron chi connectivity index (χ2n) is 15.4. The first-order chi connectivity index (χ1) is 28.5. The van der Waals surface area contributed by atoms with Crippen molar-refractivity contribution < 1.29 is 19.4 Å². The molecule has 7 heterocycles. The second kappa shape index (κ2) is 15.7. The number of carboxylic acids is 1. The molecule has 6 aromatic rings. The van der Waals surface area contributed by atoms with Crippen LogP contribution in [0.5, 0.6) is 5.88 Å². The van der Waals surface area contributed by atoms with E-state index in [1.54, 1.807) is 30.6 Å². The molecule has 2 fully saturated rings. The molecule has 0 aliphatic carbocycles. The van der Waals surface area contributed by atoms with Crippen molar-refractivity contribution in [2.75, 3.05) is 51.3 Å². The molecule has 59 heavy (non-hydrogen) atoms. The molecule has 0 bridgehead atoms. The van der Waals surface area contributed by atoms with E-state index in [1.807, 2.05) is 48.2 Å². The Bertz CT molecular complexity index is 2640. The SMILES string of the molecule is COc1nc(N2CCC(N3CCN(C(=O)C[C@@H]4N=C(c5ccc(Cl)cc5)c5c(sc(C)c5C)-n5c(C)nnc54)CC3)CC2)ccc1-c1cc2c(C(=O)O)c[nH]c2cc1Cl. The zero-order chi connectivity index (χ0) is 41.1. The number of aromatic carboxylic acids is 1. The molecule has 3 aliphatic rings. The summed E-state index contributed by atoms with van der Waals surface area (Å²) in [5, 5.41) is 21.4. The molecule has 0 unspecified atom stereocenters. The Hall–Kier alpha value is -5.28. The van der Waals surface area contributed by atoms with E-state index in [2.05, 4.69) is 43.4 Å². The van der Waals surface area contributed by atoms with Crippen LogP contribution in [0.15, 0.2) is 59.7 Å². The standard InChI is InChI=1S/C43H43Cl2N9O4S/c1-23-24(2)59-42-38(23)39(26-5-7-27(44)8-6-26)47-35(40-50-49-25(3)54(40)42)21-37(55)53-17-15-51(16-18-53)28-11-13-52(14-12-28)36-10-9-29(41(48-36)58-4)30-19-31-32(43(56)57)22-46-34(31)20-33(30)45/h5-10,19-20,22,28,35,46H,11-18,21H2,1-4H3,(H,56,57)/t35-/m0/s1. The Morgan fingerprint density at radius 1 is 0.949 bits per heavy atom. The fraction of sp³-hybridized carbons (Fsp3) is 0.349. The van der Waals surface area contributed by atoms with Crippen LogP contribution >= 0.6 is 34.5 Å². The van der Waals surface area contributed by atoms with Gasteiger partial charge in [-0.1, -0.05) is 35.3 Å². The molecule has 1 amide bonds. The van der Waals surface area contributed by atoms with E-state index in [4.69, 9.17) is 37.9 Å². The number of methoxy groups -OCH3 is 1. The van der Waals surface area contributed by atoms with Crippen LogP contribution in [0.25, 0.3) is 27.0 Å². The molecule has 3 aliphatic heterocycles. The highest BCUT2D eigenvalue weighted by molar-refractivity contribution is 7.15. The highest BCUT2D eigenvalue weighted by Crippen LogP contribution is 2.41. The van der Waals surface area contributed by atoms with E-state index in [0.717, 1.165) is 78.1 Å². The van der Waals surface area contributed by atoms with Gasteiger partial charge in [0.15, 0.2) is 5.82 Å². The highest BCUT2D eigenvalue weighted by atomic mass is 35.5. The van der Waals surface area contributed by atoms with Gasteiger partial charge in [-0.2, -0.15) is 4.98 Å². The number of aryl methyl sites for hydroxylation is 2. The van der Waals surface area contributed by atoms with E-state index in [-0.39, 0.29) is 17.9 Å². The van der Waals surface area contributed by atoms with Crippen LogP contribution in [0.3, 0.4) is 0 Å². The number of hydrogen-bond acceptors (Lipinski definition) is 10. The molecule has 1 atom stereocenters. The molecule has 2 saturated heterocycles. The van der Waals surface area contributed by atoms with E-state index < -0.39 is 12.0 Å². The Balaban J connectivity index is 0.855. The van der Waals surface area contributed by atoms with Gasteiger partial charge in [-0.05, 0) is 75.6 Å². The summed E-state index contributed by atoms with van der Waals surface area (Å²) in [6.07, 6.45) is 3.61. The summed E-state index contributed by atoms with van der Waals surface area (Å²) in [6.45, 7) is 10.8. The quantitative estimate of drug-likeness (QED) is 0.156. The topological polar surface area (TPSA) is 145 Å². The van der Waals surface area contributed by atoms with Gasteiger partial charge in [0.1, 0.15) is 22.7 Å². The van der Waals surface area contributed by atoms with Gasteiger partial charge in [0.05, 0.1) is 29.8 Å². The number of nitrogens with zero attached hydrogens (tertiary/aromatic N) is 8. The summed E-state index contributed by atoms with van der Waals surface area (Å²) < 4.78 is 7.83. The number of carbonyl (C=O) groups is 2. The van der Waals surface area contributed by atoms with E-state index in [1.165, 1.54) is 11.1 Å². The van der Waals surface area contributed by atoms with Gasteiger partial charge in [-0.15, -0.1) is 21.5 Å². The van der Waals surface area contributed by atoms with Crippen molar-refractivity contribution in [1.82, 2.24) is 34.5 Å². The van der Waals surface area contributed by atoms with Crippen molar-refractivity contribution >= 4 is 68.8 Å². The molecule has 9 rings (SSSR count). The number of thiophene rings is 1. The Morgan fingerprint density at radius 2 is 1.69 bits per heavy atom. The largest absolute Gasteiger partial charge is 0.480 e. The van der Waals surface area contributed by atoms with Gasteiger partial charge in [-0.25, -0.2) is 4.79 Å². The van der Waals surface area contributed by atoms with Gasteiger partial charge in [-0.3, -0.25) is 19.3 Å². The second-order valence-corrected chi connectivity index (χ2v) is 17.4. The Morgan fingerprint density at radius 3 is 2.41 bits per heavy atom. The lowest BCUT2D eigenvalue weighted by Crippen LogP contribution is -2.54. The zero-order valence-corrected chi connectivity index (χ0v) is 35.5. The molecule has 304 valence electrons. The van der Waals surface area contributed by atoms with Crippen molar-refractivity contribution in [2.24, 2.45) is 4.99 Å². The number of H-pyrrole nitrogens is 1. The number of piperidine rings is 1. The number of aromatic nitrogens is 5. The molecule has 16 heteroatoms. The van der Waals surface area contributed by atoms with Crippen LogP contribution in [0, 0.1) is 20.8 Å². The van der Waals surface area contributed by atoms with Crippen molar-refractivity contribution in [3.63, 3.8) is 0 Å². The fourth-order valence-electron chi connectivity index (χ4n) is 8.72. The molecule has 13 nitrogen and oxygen atoms in total. The average Bonchev–Trinajstić information content (AvgIpc) is 3.90. The molecular weight excluding hydrogens is 810 g/mol. The maximum atomic E-state index is 14.1. The Kier molecular flexibility index (Phi) is 10.4. The third-order valence-corrected chi connectivity index (χ3v) is 13.8. The van der Waals surface area contributed by atoms with Crippen LogP contribution in [0.4, 0.5) is 5.82 Å². The van der Waals surface area contributed by atoms with Gasteiger partial charge < -0.3 is 24.6 Å². The molecule has 2 aromatic carbocycles. The van der Waals surface area contributed by atoms with Crippen LogP contribution in [0.1, 0.15) is 68.9 Å². The van der Waals surface area contributed by atoms with Crippen molar-refractivity contribution in [1.29, 1.82) is 0 Å². The predicted molar refractivity (Wildman–Crippen MR) is 231 cm³/mol. The third kappa shape index (κ3) is 7.15. The molecule has 4 aromatic heterocycles. The van der Waals surface area contributed by atoms with Crippen LogP contribution in [-0.2, 0) is 4.79 Å². The number of fused-ring (bicyclic) bond motifs is 4. The number of amides is 1. The van der Waals surface area contributed by atoms with Crippen molar-refractivity contribution in [3.8, 4) is 22.0 Å². The van der Waals surface area contributed by atoms with Gasteiger partial charge >= 0.3 is 5.97 Å². The molecule has 0 spiro atoms. The number of aliphatic imine (C=N–C) groups is 1. The van der Waals surface area contributed by atoms with Crippen molar-refractivity contribution in [2.45, 2.75) is 52.1 Å². The normalized spacial score (nSPS) is 17.5. The van der Waals surface area contributed by atoms with E-state index in [9.17, 15) is 14.7 Å². The fourth-order valence-corrected chi connectivity index (χ4v) is 10.3. The monoisotopic (exact) mass is 851 g/mol. The third-order valence-electron chi connectivity index (χ3n) is 12.0. The summed E-state index contributed by atoms with van der Waals surface area (Å²) in [4.78, 5) is 47.0. The highest BCUT2D eigenvalue weighted by Gasteiger charge is 2.35. The number of carbonyl (C=O) groups excluding carboxylic acids is 1. The summed E-state index contributed by atoms with van der Waals surface area (Å²) in [5.41, 5.74) is 6.17. The predicted octanol–water partition coefficient (Wildman–Crippen LogP) is 7.91. The zero-order valence-electron chi connectivity index (χ0n) is 33.1. The lowest BCUT2D eigenvalue weighted by Gasteiger charge is -2.43. The molecular formula is C43H43Cl2N9O4S. The lowest BCUT2D eigenvalue weighted by atomic mass is 9.99. The molecule has 0 saturated carbocycles. The van der Waals surface area contributed by atoms with Crippen LogP contribution in [0.2, 0.25) is 10.0 Å². The molecule has 2 N–H and O–H groups in total. The maximum absolute atomic E-state index is 14.1. The summed E-state index contributed by atoms with van der Waals surface area (Å²) >= 11 is 14.7.